The molecular formula is C18H16N2S3. The third-order valence-electron chi connectivity index (χ3n) is 3.74. The predicted molar refractivity (Wildman–Crippen MR) is 105 cm³/mol. The molecule has 5 heteroatoms. The van der Waals surface area contributed by atoms with E-state index in [9.17, 15) is 0 Å². The Labute approximate surface area is 148 Å². The summed E-state index contributed by atoms with van der Waals surface area (Å²) in [7, 11) is 0. The van der Waals surface area contributed by atoms with Gasteiger partial charge >= 0.3 is 0 Å². The first-order chi connectivity index (χ1) is 11.2. The van der Waals surface area contributed by atoms with E-state index in [1.807, 2.05) is 59.1 Å². The number of fused-ring (bicyclic) bond motifs is 1. The number of anilines is 2. The van der Waals surface area contributed by atoms with Crippen LogP contribution in [0.4, 0.5) is 11.4 Å². The van der Waals surface area contributed by atoms with Crippen LogP contribution in [0.25, 0.3) is 20.9 Å². The summed E-state index contributed by atoms with van der Waals surface area (Å²) in [6.07, 6.45) is 0. The fourth-order valence-electron chi connectivity index (χ4n) is 2.60. The Kier molecular flexibility index (Phi) is 4.01. The second-order valence-corrected chi connectivity index (χ2v) is 8.59. The van der Waals surface area contributed by atoms with Gasteiger partial charge in [0, 0.05) is 42.4 Å². The molecule has 4 N–H and O–H groups in total. The van der Waals surface area contributed by atoms with Crippen molar-refractivity contribution in [1.29, 1.82) is 0 Å². The number of nitrogens with two attached hydrogens (primary N) is 2. The zero-order valence-corrected chi connectivity index (χ0v) is 14.9. The second kappa shape index (κ2) is 6.15. The lowest BCUT2D eigenvalue weighted by atomic mass is 10.1. The largest absolute Gasteiger partial charge is 0.399 e. The Balaban J connectivity index is 1.87. The van der Waals surface area contributed by atoms with Gasteiger partial charge in [0.1, 0.15) is 0 Å². The zero-order chi connectivity index (χ0) is 15.8. The van der Waals surface area contributed by atoms with Crippen molar-refractivity contribution in [2.24, 2.45) is 0 Å². The normalized spacial score (nSPS) is 13.7. The Hall–Kier alpha value is -1.56. The van der Waals surface area contributed by atoms with E-state index in [1.165, 1.54) is 30.7 Å². The first-order valence-corrected chi connectivity index (χ1v) is 10.2. The summed E-state index contributed by atoms with van der Waals surface area (Å²) >= 11 is 5.80. The van der Waals surface area contributed by atoms with Gasteiger partial charge in [-0.2, -0.15) is 0 Å². The third kappa shape index (κ3) is 2.84. The highest BCUT2D eigenvalue weighted by molar-refractivity contribution is 8.06. The van der Waals surface area contributed by atoms with Crippen LogP contribution >= 0.6 is 34.9 Å². The maximum absolute atomic E-state index is 5.84. The van der Waals surface area contributed by atoms with Crippen LogP contribution in [0.5, 0.6) is 0 Å². The van der Waals surface area contributed by atoms with Crippen molar-refractivity contribution in [3.8, 4) is 20.9 Å². The molecule has 0 atom stereocenters. The van der Waals surface area contributed by atoms with Crippen LogP contribution in [0.3, 0.4) is 0 Å². The minimum absolute atomic E-state index is 0.806. The molecule has 116 valence electrons. The summed E-state index contributed by atoms with van der Waals surface area (Å²) in [5.74, 6) is 2.33. The monoisotopic (exact) mass is 356 g/mol. The minimum atomic E-state index is 0.806. The summed E-state index contributed by atoms with van der Waals surface area (Å²) in [5.41, 5.74) is 15.8. The molecule has 0 saturated heterocycles. The van der Waals surface area contributed by atoms with Crippen LogP contribution < -0.4 is 11.5 Å². The van der Waals surface area contributed by atoms with Gasteiger partial charge in [-0.15, -0.1) is 34.9 Å². The number of hydrogen-bond acceptors (Lipinski definition) is 5. The molecule has 0 saturated carbocycles. The average molecular weight is 357 g/mol. The van der Waals surface area contributed by atoms with Crippen molar-refractivity contribution in [3.05, 3.63) is 48.5 Å². The Morgan fingerprint density at radius 3 is 1.39 bits per heavy atom. The van der Waals surface area contributed by atoms with Crippen LogP contribution in [0.1, 0.15) is 0 Å². The van der Waals surface area contributed by atoms with E-state index >= 15 is 0 Å². The molecule has 1 aliphatic rings. The van der Waals surface area contributed by atoms with Gasteiger partial charge in [-0.05, 0) is 35.4 Å². The molecule has 1 aromatic heterocycles. The molecule has 0 unspecified atom stereocenters. The van der Waals surface area contributed by atoms with Crippen molar-refractivity contribution >= 4 is 46.2 Å². The molecule has 23 heavy (non-hydrogen) atoms. The van der Waals surface area contributed by atoms with Gasteiger partial charge in [0.2, 0.25) is 0 Å². The van der Waals surface area contributed by atoms with Crippen LogP contribution in [0, 0.1) is 0 Å². The molecular weight excluding hydrogens is 340 g/mol. The van der Waals surface area contributed by atoms with Gasteiger partial charge in [0.25, 0.3) is 0 Å². The first-order valence-electron chi connectivity index (χ1n) is 7.36. The molecule has 3 aromatic rings. The summed E-state index contributed by atoms with van der Waals surface area (Å²) < 4.78 is 0. The second-order valence-electron chi connectivity index (χ2n) is 5.36. The Bertz CT molecular complexity index is 766. The molecule has 4 rings (SSSR count). The number of benzene rings is 2. The van der Waals surface area contributed by atoms with Crippen molar-refractivity contribution in [2.45, 2.75) is 9.79 Å². The van der Waals surface area contributed by atoms with E-state index in [2.05, 4.69) is 24.3 Å². The van der Waals surface area contributed by atoms with E-state index in [-0.39, 0.29) is 0 Å². The van der Waals surface area contributed by atoms with E-state index < -0.39 is 0 Å². The number of hydrogen-bond donors (Lipinski definition) is 2. The van der Waals surface area contributed by atoms with Gasteiger partial charge < -0.3 is 11.5 Å². The molecule has 0 radical (unpaired) electrons. The summed E-state index contributed by atoms with van der Waals surface area (Å²) in [6.45, 7) is 0. The Morgan fingerprint density at radius 1 is 0.609 bits per heavy atom. The number of thioether (sulfide) groups is 2. The summed E-state index contributed by atoms with van der Waals surface area (Å²) in [6, 6.07) is 16.4. The van der Waals surface area contributed by atoms with Gasteiger partial charge in [0.15, 0.2) is 0 Å². The molecule has 0 aliphatic carbocycles. The molecule has 0 fully saturated rings. The highest BCUT2D eigenvalue weighted by atomic mass is 32.2. The van der Waals surface area contributed by atoms with Gasteiger partial charge in [-0.25, -0.2) is 0 Å². The van der Waals surface area contributed by atoms with Gasteiger partial charge in [-0.3, -0.25) is 0 Å². The predicted octanol–water partition coefficient (Wildman–Crippen LogP) is 5.44. The molecule has 2 nitrogen and oxygen atoms in total. The Morgan fingerprint density at radius 2 is 1.00 bits per heavy atom. The van der Waals surface area contributed by atoms with Crippen LogP contribution in [-0.2, 0) is 0 Å². The van der Waals surface area contributed by atoms with Gasteiger partial charge in [-0.1, -0.05) is 24.3 Å². The van der Waals surface area contributed by atoms with Crippen molar-refractivity contribution in [3.63, 3.8) is 0 Å². The van der Waals surface area contributed by atoms with Crippen molar-refractivity contribution in [2.75, 3.05) is 23.0 Å². The van der Waals surface area contributed by atoms with E-state index in [0.29, 0.717) is 0 Å². The van der Waals surface area contributed by atoms with Crippen molar-refractivity contribution in [1.82, 2.24) is 0 Å². The zero-order valence-electron chi connectivity index (χ0n) is 12.4. The third-order valence-corrected chi connectivity index (χ3v) is 7.89. The molecule has 2 heterocycles. The summed E-state index contributed by atoms with van der Waals surface area (Å²) in [5, 5.41) is 0. The standard InChI is InChI=1S/C18H16N2S3/c19-13-5-1-11(2-6-13)15-17-18(22-10-9-21-17)16(23-15)12-3-7-14(20)8-4-12/h1-8H,9-10,19-20H2. The molecule has 2 aromatic carbocycles. The van der Waals surface area contributed by atoms with E-state index in [4.69, 9.17) is 11.5 Å². The number of rotatable bonds is 2. The van der Waals surface area contributed by atoms with E-state index in [0.717, 1.165) is 22.9 Å². The lowest BCUT2D eigenvalue weighted by molar-refractivity contribution is 1.29. The van der Waals surface area contributed by atoms with Crippen LogP contribution in [0.2, 0.25) is 0 Å². The van der Waals surface area contributed by atoms with E-state index in [1.54, 1.807) is 0 Å². The minimum Gasteiger partial charge on any atom is -0.399 e. The number of nitrogen functional groups attached to an aromatic ring is 2. The van der Waals surface area contributed by atoms with Crippen LogP contribution in [-0.4, -0.2) is 11.5 Å². The first kappa shape index (κ1) is 15.0. The lowest BCUT2D eigenvalue weighted by Gasteiger charge is -2.13. The SMILES string of the molecule is Nc1ccc(-c2sc(-c3ccc(N)cc3)c3c2SCCS3)cc1. The fourth-order valence-corrected chi connectivity index (χ4v) is 6.83. The highest BCUT2D eigenvalue weighted by Crippen LogP contribution is 2.53. The van der Waals surface area contributed by atoms with Gasteiger partial charge in [0.05, 0.1) is 0 Å². The van der Waals surface area contributed by atoms with Crippen LogP contribution in [0.15, 0.2) is 58.3 Å². The smallest absolute Gasteiger partial charge is 0.0497 e. The molecule has 0 spiro atoms. The topological polar surface area (TPSA) is 52.0 Å². The maximum Gasteiger partial charge on any atom is 0.0497 e. The average Bonchev–Trinajstić information content (AvgIpc) is 2.96. The molecule has 0 bridgehead atoms. The molecule has 1 aliphatic heterocycles. The van der Waals surface area contributed by atoms with Crippen molar-refractivity contribution < 1.29 is 0 Å². The highest BCUT2D eigenvalue weighted by Gasteiger charge is 2.23. The molecule has 0 amide bonds. The maximum atomic E-state index is 5.84. The number of thiophene rings is 1. The lowest BCUT2D eigenvalue weighted by Crippen LogP contribution is -1.93. The quantitative estimate of drug-likeness (QED) is 0.600. The fraction of sp³-hybridized carbons (Fsp3) is 0.111. The summed E-state index contributed by atoms with van der Waals surface area (Å²) in [4.78, 5) is 5.54.